The molecule has 0 aromatic carbocycles. The Morgan fingerprint density at radius 1 is 1.17 bits per heavy atom. The molecule has 1 heterocycles. The van der Waals surface area contributed by atoms with Gasteiger partial charge in [-0.15, -0.1) is 0 Å². The lowest BCUT2D eigenvalue weighted by Gasteiger charge is -2.39. The van der Waals surface area contributed by atoms with Gasteiger partial charge in [0.05, 0.1) is 18.8 Å². The fourth-order valence-electron chi connectivity index (χ4n) is 1.50. The van der Waals surface area contributed by atoms with Crippen molar-refractivity contribution in [3.8, 4) is 0 Å². The van der Waals surface area contributed by atoms with Crippen molar-refractivity contribution in [1.82, 2.24) is 0 Å². The Labute approximate surface area is 71.8 Å². The van der Waals surface area contributed by atoms with Crippen molar-refractivity contribution < 1.29 is 20.1 Å². The largest absolute Gasteiger partial charge is 0.394 e. The summed E-state index contributed by atoms with van der Waals surface area (Å²) in [6.45, 7) is 3.36. The van der Waals surface area contributed by atoms with Crippen LogP contribution in [0.3, 0.4) is 0 Å². The van der Waals surface area contributed by atoms with Gasteiger partial charge in [0.15, 0.2) is 6.29 Å². The van der Waals surface area contributed by atoms with Gasteiger partial charge in [0.2, 0.25) is 0 Å². The van der Waals surface area contributed by atoms with Crippen LogP contribution in [0.25, 0.3) is 0 Å². The molecule has 0 radical (unpaired) electrons. The van der Waals surface area contributed by atoms with Gasteiger partial charge < -0.3 is 20.1 Å². The second-order valence-corrected chi connectivity index (χ2v) is 3.46. The van der Waals surface area contributed by atoms with Crippen molar-refractivity contribution in [1.29, 1.82) is 0 Å². The fourth-order valence-corrected chi connectivity index (χ4v) is 1.50. The minimum Gasteiger partial charge on any atom is -0.394 e. The van der Waals surface area contributed by atoms with E-state index in [9.17, 15) is 10.2 Å². The highest BCUT2D eigenvalue weighted by Crippen LogP contribution is 2.28. The molecule has 4 heteroatoms. The molecule has 1 saturated heterocycles. The van der Waals surface area contributed by atoms with E-state index in [1.807, 2.05) is 0 Å². The molecular formula is C8H16O4. The monoisotopic (exact) mass is 176 g/mol. The molecule has 1 fully saturated rings. The number of rotatable bonds is 1. The van der Waals surface area contributed by atoms with Crippen LogP contribution < -0.4 is 0 Å². The van der Waals surface area contributed by atoms with Crippen molar-refractivity contribution in [3.63, 3.8) is 0 Å². The van der Waals surface area contributed by atoms with Gasteiger partial charge in [0.25, 0.3) is 0 Å². The first-order valence-electron chi connectivity index (χ1n) is 4.20. The van der Waals surface area contributed by atoms with Gasteiger partial charge in [-0.2, -0.15) is 0 Å². The van der Waals surface area contributed by atoms with E-state index in [0.29, 0.717) is 0 Å². The lowest BCUT2D eigenvalue weighted by atomic mass is 9.86. The molecule has 0 aromatic heterocycles. The highest BCUT2D eigenvalue weighted by Gasteiger charge is 2.39. The molecule has 0 saturated carbocycles. The SMILES string of the molecule is C[C@@H]1[C@H](O)[C@@H](C)[C@H](CO)O[C@H]1O. The quantitative estimate of drug-likeness (QED) is 0.495. The molecule has 5 atom stereocenters. The van der Waals surface area contributed by atoms with Crippen molar-refractivity contribution in [2.24, 2.45) is 11.8 Å². The second-order valence-electron chi connectivity index (χ2n) is 3.46. The maximum absolute atomic E-state index is 9.57. The minimum atomic E-state index is -0.964. The summed E-state index contributed by atoms with van der Waals surface area (Å²) >= 11 is 0. The van der Waals surface area contributed by atoms with Crippen molar-refractivity contribution in [2.75, 3.05) is 6.61 Å². The first kappa shape index (κ1) is 9.92. The average molecular weight is 176 g/mol. The second kappa shape index (κ2) is 3.70. The van der Waals surface area contributed by atoms with Crippen LogP contribution in [0.5, 0.6) is 0 Å². The third kappa shape index (κ3) is 1.61. The number of ether oxygens (including phenoxy) is 1. The van der Waals surface area contributed by atoms with E-state index < -0.39 is 18.5 Å². The highest BCUT2D eigenvalue weighted by atomic mass is 16.6. The molecule has 0 bridgehead atoms. The van der Waals surface area contributed by atoms with Crippen LogP contribution in [0.15, 0.2) is 0 Å². The molecule has 1 aliphatic rings. The van der Waals surface area contributed by atoms with Gasteiger partial charge in [-0.25, -0.2) is 0 Å². The van der Waals surface area contributed by atoms with E-state index in [4.69, 9.17) is 9.84 Å². The maximum atomic E-state index is 9.57. The molecule has 0 aromatic rings. The Morgan fingerprint density at radius 2 is 1.75 bits per heavy atom. The van der Waals surface area contributed by atoms with Crippen molar-refractivity contribution in [3.05, 3.63) is 0 Å². The predicted molar refractivity (Wildman–Crippen MR) is 42.3 cm³/mol. The number of aliphatic hydroxyl groups excluding tert-OH is 3. The van der Waals surface area contributed by atoms with Gasteiger partial charge in [-0.1, -0.05) is 13.8 Å². The highest BCUT2D eigenvalue weighted by molar-refractivity contribution is 4.83. The Morgan fingerprint density at radius 3 is 2.25 bits per heavy atom. The van der Waals surface area contributed by atoms with E-state index in [-0.39, 0.29) is 18.4 Å². The van der Waals surface area contributed by atoms with Crippen molar-refractivity contribution >= 4 is 0 Å². The summed E-state index contributed by atoms with van der Waals surface area (Å²) in [6.07, 6.45) is -2.02. The Hall–Kier alpha value is -0.160. The van der Waals surface area contributed by atoms with Crippen LogP contribution >= 0.6 is 0 Å². The Balaban J connectivity index is 2.63. The van der Waals surface area contributed by atoms with Gasteiger partial charge in [-0.05, 0) is 0 Å². The molecule has 1 rings (SSSR count). The van der Waals surface area contributed by atoms with Crippen LogP contribution in [0.2, 0.25) is 0 Å². The fraction of sp³-hybridized carbons (Fsp3) is 1.00. The minimum absolute atomic E-state index is 0.131. The first-order chi connectivity index (χ1) is 5.57. The predicted octanol–water partition coefficient (Wildman–Crippen LogP) is -0.671. The molecule has 0 aliphatic carbocycles. The zero-order valence-corrected chi connectivity index (χ0v) is 7.34. The molecule has 0 unspecified atom stereocenters. The molecule has 1 aliphatic heterocycles. The normalized spacial score (nSPS) is 49.2. The zero-order chi connectivity index (χ0) is 9.30. The summed E-state index contributed by atoms with van der Waals surface area (Å²) in [7, 11) is 0. The number of hydrogen-bond donors (Lipinski definition) is 3. The summed E-state index contributed by atoms with van der Waals surface area (Å²) in [6, 6.07) is 0. The van der Waals surface area contributed by atoms with E-state index >= 15 is 0 Å². The van der Waals surface area contributed by atoms with E-state index in [1.165, 1.54) is 0 Å². The molecule has 0 spiro atoms. The summed E-state index contributed by atoms with van der Waals surface area (Å²) in [5, 5.41) is 27.7. The first-order valence-corrected chi connectivity index (χ1v) is 4.20. The summed E-state index contributed by atoms with van der Waals surface area (Å²) < 4.78 is 5.08. The average Bonchev–Trinajstić information content (AvgIpc) is 2.08. The standard InChI is InChI=1S/C8H16O4/c1-4-6(3-9)12-8(11)5(2)7(4)10/h4-11H,3H2,1-2H3/t4-,5+,6-,7+,8+/m0/s1. The van der Waals surface area contributed by atoms with Crippen LogP contribution in [-0.2, 0) is 4.74 Å². The van der Waals surface area contributed by atoms with E-state index in [0.717, 1.165) is 0 Å². The lowest BCUT2D eigenvalue weighted by Crippen LogP contribution is -2.50. The van der Waals surface area contributed by atoms with Crippen LogP contribution in [-0.4, -0.2) is 40.4 Å². The molecular weight excluding hydrogens is 160 g/mol. The number of aliphatic hydroxyl groups is 3. The summed E-state index contributed by atoms with van der Waals surface area (Å²) in [5.41, 5.74) is 0. The van der Waals surface area contributed by atoms with Gasteiger partial charge in [-0.3, -0.25) is 0 Å². The van der Waals surface area contributed by atoms with Gasteiger partial charge >= 0.3 is 0 Å². The number of hydrogen-bond acceptors (Lipinski definition) is 4. The van der Waals surface area contributed by atoms with Crippen LogP contribution in [0, 0.1) is 11.8 Å². The zero-order valence-electron chi connectivity index (χ0n) is 7.34. The summed E-state index contributed by atoms with van der Waals surface area (Å²) in [5.74, 6) is -0.420. The Kier molecular flexibility index (Phi) is 3.06. The molecule has 72 valence electrons. The van der Waals surface area contributed by atoms with Crippen LogP contribution in [0.1, 0.15) is 13.8 Å². The smallest absolute Gasteiger partial charge is 0.160 e. The maximum Gasteiger partial charge on any atom is 0.160 e. The molecule has 12 heavy (non-hydrogen) atoms. The van der Waals surface area contributed by atoms with E-state index in [1.54, 1.807) is 13.8 Å². The third-order valence-electron chi connectivity index (χ3n) is 2.61. The topological polar surface area (TPSA) is 69.9 Å². The molecule has 3 N–H and O–H groups in total. The molecule has 4 nitrogen and oxygen atoms in total. The molecule has 0 amide bonds. The van der Waals surface area contributed by atoms with Gasteiger partial charge in [0.1, 0.15) is 0 Å². The summed E-state index contributed by atoms with van der Waals surface area (Å²) in [4.78, 5) is 0. The Bertz CT molecular complexity index is 145. The van der Waals surface area contributed by atoms with Crippen molar-refractivity contribution in [2.45, 2.75) is 32.3 Å². The van der Waals surface area contributed by atoms with Gasteiger partial charge in [0, 0.05) is 11.8 Å². The lowest BCUT2D eigenvalue weighted by molar-refractivity contribution is -0.248. The third-order valence-corrected chi connectivity index (χ3v) is 2.61. The van der Waals surface area contributed by atoms with Crippen LogP contribution in [0.4, 0.5) is 0 Å². The van der Waals surface area contributed by atoms with E-state index in [2.05, 4.69) is 0 Å².